The number of carbonyl (C=O) groups excluding carboxylic acids is 3. The van der Waals surface area contributed by atoms with E-state index < -0.39 is 17.9 Å². The Kier molecular flexibility index (Phi) is 9.42. The number of esters is 1. The Labute approximate surface area is 238 Å². The van der Waals surface area contributed by atoms with Crippen molar-refractivity contribution < 1.29 is 33.3 Å². The van der Waals surface area contributed by atoms with Crippen LogP contribution in [0, 0.1) is 0 Å². The van der Waals surface area contributed by atoms with Crippen LogP contribution in [0.1, 0.15) is 17.2 Å². The number of morpholine rings is 1. The minimum Gasteiger partial charge on any atom is -0.493 e. The van der Waals surface area contributed by atoms with Gasteiger partial charge in [0.1, 0.15) is 4.32 Å². The number of ether oxygens (including phenoxy) is 4. The molecule has 200 valence electrons. The molecule has 0 saturated carbocycles. The second-order valence-electron chi connectivity index (χ2n) is 8.20. The number of rotatable bonds is 8. The topological polar surface area (TPSA) is 94.6 Å². The predicted octanol–water partition coefficient (Wildman–Crippen LogP) is 3.81. The molecule has 2 fully saturated rings. The molecule has 12 heteroatoms. The molecular formula is C26H25BrN2O7S2. The summed E-state index contributed by atoms with van der Waals surface area (Å²) in [7, 11) is 2.76. The first-order valence-corrected chi connectivity index (χ1v) is 13.6. The van der Waals surface area contributed by atoms with Crippen molar-refractivity contribution in [1.29, 1.82) is 0 Å². The van der Waals surface area contributed by atoms with Crippen molar-refractivity contribution >= 4 is 68.1 Å². The third-order valence-corrected chi connectivity index (χ3v) is 7.79. The lowest BCUT2D eigenvalue weighted by Gasteiger charge is -2.27. The van der Waals surface area contributed by atoms with Crippen LogP contribution in [0.2, 0.25) is 0 Å². The van der Waals surface area contributed by atoms with Crippen LogP contribution in [0.15, 0.2) is 51.8 Å². The van der Waals surface area contributed by atoms with Crippen LogP contribution in [0.4, 0.5) is 0 Å². The molecule has 0 bridgehead atoms. The Morgan fingerprint density at radius 3 is 2.55 bits per heavy atom. The number of thiocarbonyl (C=S) groups is 1. The average molecular weight is 622 g/mol. The molecule has 0 spiro atoms. The zero-order valence-corrected chi connectivity index (χ0v) is 23.9. The third-order valence-electron chi connectivity index (χ3n) is 5.87. The molecule has 2 heterocycles. The number of hydrogen-bond acceptors (Lipinski definition) is 9. The van der Waals surface area contributed by atoms with Gasteiger partial charge in [-0.3, -0.25) is 14.5 Å². The fourth-order valence-corrected chi connectivity index (χ4v) is 5.88. The van der Waals surface area contributed by atoms with Gasteiger partial charge >= 0.3 is 5.97 Å². The van der Waals surface area contributed by atoms with Crippen LogP contribution in [0.5, 0.6) is 11.5 Å². The Balaban J connectivity index is 1.55. The number of halogens is 1. The van der Waals surface area contributed by atoms with Gasteiger partial charge < -0.3 is 23.8 Å². The first kappa shape index (κ1) is 28.1. The Hall–Kier alpha value is -2.93. The van der Waals surface area contributed by atoms with Crippen molar-refractivity contribution in [3.63, 3.8) is 0 Å². The van der Waals surface area contributed by atoms with E-state index in [0.29, 0.717) is 58.3 Å². The molecule has 2 saturated heterocycles. The molecule has 4 rings (SSSR count). The van der Waals surface area contributed by atoms with E-state index >= 15 is 0 Å². The van der Waals surface area contributed by atoms with Gasteiger partial charge in [0.15, 0.2) is 24.1 Å². The largest absolute Gasteiger partial charge is 0.493 e. The van der Waals surface area contributed by atoms with Gasteiger partial charge in [-0.2, -0.15) is 0 Å². The molecular weight excluding hydrogens is 596 g/mol. The number of thioether (sulfide) groups is 1. The fraction of sp³-hybridized carbons (Fsp3) is 0.308. The van der Waals surface area contributed by atoms with E-state index in [0.717, 1.165) is 11.8 Å². The van der Waals surface area contributed by atoms with Gasteiger partial charge in [0.05, 0.1) is 36.8 Å². The summed E-state index contributed by atoms with van der Waals surface area (Å²) in [6, 6.07) is 11.3. The van der Waals surface area contributed by atoms with E-state index in [1.54, 1.807) is 47.4 Å². The number of carbonyl (C=O) groups is 3. The lowest BCUT2D eigenvalue weighted by molar-refractivity contribution is -0.148. The molecule has 38 heavy (non-hydrogen) atoms. The lowest BCUT2D eigenvalue weighted by Crippen LogP contribution is -2.43. The minimum atomic E-state index is -0.999. The maximum absolute atomic E-state index is 13.4. The monoisotopic (exact) mass is 620 g/mol. The molecule has 2 aliphatic rings. The van der Waals surface area contributed by atoms with E-state index in [2.05, 4.69) is 15.9 Å². The van der Waals surface area contributed by atoms with Gasteiger partial charge in [-0.1, -0.05) is 54.3 Å². The van der Waals surface area contributed by atoms with Gasteiger partial charge in [0, 0.05) is 13.1 Å². The van der Waals surface area contributed by atoms with E-state index in [4.69, 9.17) is 31.2 Å². The first-order chi connectivity index (χ1) is 18.3. The second-order valence-corrected chi connectivity index (χ2v) is 10.7. The second kappa shape index (κ2) is 12.7. The van der Waals surface area contributed by atoms with Crippen molar-refractivity contribution in [2.75, 3.05) is 47.1 Å². The number of amides is 2. The minimum absolute atomic E-state index is 0.145. The smallest absolute Gasteiger partial charge is 0.333 e. The summed E-state index contributed by atoms with van der Waals surface area (Å²) >= 11 is 10.1. The van der Waals surface area contributed by atoms with Gasteiger partial charge in [0.2, 0.25) is 0 Å². The molecule has 0 N–H and O–H groups in total. The highest BCUT2D eigenvalue weighted by Crippen LogP contribution is 2.41. The van der Waals surface area contributed by atoms with E-state index in [-0.39, 0.29) is 16.8 Å². The van der Waals surface area contributed by atoms with E-state index in [1.165, 1.54) is 19.1 Å². The highest BCUT2D eigenvalue weighted by molar-refractivity contribution is 9.10. The number of benzene rings is 2. The van der Waals surface area contributed by atoms with E-state index in [9.17, 15) is 14.4 Å². The van der Waals surface area contributed by atoms with Gasteiger partial charge in [-0.25, -0.2) is 4.79 Å². The van der Waals surface area contributed by atoms with Crippen LogP contribution in [0.3, 0.4) is 0 Å². The molecule has 2 aromatic rings. The van der Waals surface area contributed by atoms with Crippen LogP contribution < -0.4 is 9.47 Å². The summed E-state index contributed by atoms with van der Waals surface area (Å²) in [5.74, 6) is -0.396. The summed E-state index contributed by atoms with van der Waals surface area (Å²) in [5.41, 5.74) is 1.23. The lowest BCUT2D eigenvalue weighted by atomic mass is 10.1. The summed E-state index contributed by atoms with van der Waals surface area (Å²) in [6.45, 7) is 1.91. The molecule has 9 nitrogen and oxygen atoms in total. The van der Waals surface area contributed by atoms with Crippen molar-refractivity contribution in [2.24, 2.45) is 0 Å². The van der Waals surface area contributed by atoms with Gasteiger partial charge in [-0.15, -0.1) is 0 Å². The summed E-state index contributed by atoms with van der Waals surface area (Å²) in [6.07, 6.45) is 1.66. The van der Waals surface area contributed by atoms with Gasteiger partial charge in [-0.05, 0) is 45.3 Å². The molecule has 1 unspecified atom stereocenters. The normalized spacial score (nSPS) is 17.5. The molecule has 2 aromatic carbocycles. The van der Waals surface area contributed by atoms with Crippen molar-refractivity contribution in [3.8, 4) is 11.5 Å². The van der Waals surface area contributed by atoms with Crippen molar-refractivity contribution in [1.82, 2.24) is 9.80 Å². The van der Waals surface area contributed by atoms with Crippen LogP contribution in [-0.2, 0) is 23.9 Å². The maximum atomic E-state index is 13.4. The zero-order valence-electron chi connectivity index (χ0n) is 20.7. The van der Waals surface area contributed by atoms with Crippen molar-refractivity contribution in [3.05, 3.63) is 63.0 Å². The highest BCUT2D eigenvalue weighted by Gasteiger charge is 2.42. The van der Waals surface area contributed by atoms with E-state index in [1.807, 2.05) is 6.07 Å². The summed E-state index contributed by atoms with van der Waals surface area (Å²) < 4.78 is 22.3. The third kappa shape index (κ3) is 6.20. The van der Waals surface area contributed by atoms with Crippen LogP contribution in [0.25, 0.3) is 6.08 Å². The van der Waals surface area contributed by atoms with Crippen LogP contribution >= 0.6 is 39.9 Å². The maximum Gasteiger partial charge on any atom is 0.333 e. The molecule has 0 radical (unpaired) electrons. The average Bonchev–Trinajstić information content (AvgIpc) is 3.20. The Morgan fingerprint density at radius 1 is 1.18 bits per heavy atom. The Morgan fingerprint density at radius 2 is 1.89 bits per heavy atom. The van der Waals surface area contributed by atoms with Gasteiger partial charge in [0.25, 0.3) is 11.8 Å². The molecule has 0 aliphatic carbocycles. The Bertz CT molecular complexity index is 1270. The zero-order chi connectivity index (χ0) is 27.2. The van der Waals surface area contributed by atoms with Crippen LogP contribution in [-0.4, -0.2) is 79.0 Å². The number of methoxy groups -OCH3 is 2. The number of hydrogen-bond donors (Lipinski definition) is 0. The highest BCUT2D eigenvalue weighted by atomic mass is 79.9. The molecule has 1 atom stereocenters. The quantitative estimate of drug-likeness (QED) is 0.248. The first-order valence-electron chi connectivity index (χ1n) is 11.6. The van der Waals surface area contributed by atoms with Crippen molar-refractivity contribution in [2.45, 2.75) is 6.04 Å². The standard InChI is InChI=1S/C26H25BrN2O7S2/c1-33-19-13-16(12-18(27)23(19)36-15-21(30)28-8-10-35-11-9-28)14-20-24(31)29(26(37)38-20)22(25(32)34-2)17-6-4-3-5-7-17/h3-7,12-14,22H,8-11,15H2,1-2H3/b20-14+. The fourth-order valence-electron chi connectivity index (χ4n) is 3.99. The molecule has 2 aliphatic heterocycles. The number of nitrogens with zero attached hydrogens (tertiary/aromatic N) is 2. The SMILES string of the molecule is COC(=O)C(c1ccccc1)N1C(=O)/C(=C\c2cc(Br)c(OCC(=O)N3CCOCC3)c(OC)c2)SC1=S. The summed E-state index contributed by atoms with van der Waals surface area (Å²) in [5, 5.41) is 0. The summed E-state index contributed by atoms with van der Waals surface area (Å²) in [4.78, 5) is 41.9. The predicted molar refractivity (Wildman–Crippen MR) is 150 cm³/mol. The molecule has 2 amide bonds. The molecule has 0 aromatic heterocycles.